The summed E-state index contributed by atoms with van der Waals surface area (Å²) >= 11 is 13.0. The van der Waals surface area contributed by atoms with Gasteiger partial charge in [0.15, 0.2) is 11.5 Å². The summed E-state index contributed by atoms with van der Waals surface area (Å²) in [5.74, 6) is 2.05. The summed E-state index contributed by atoms with van der Waals surface area (Å²) in [6.45, 7) is 4.99. The Labute approximate surface area is 191 Å². The summed E-state index contributed by atoms with van der Waals surface area (Å²) in [7, 11) is 0. The second kappa shape index (κ2) is 9.46. The number of rotatable bonds is 7. The molecular weight excluding hydrogens is 431 g/mol. The lowest BCUT2D eigenvalue weighted by Gasteiger charge is -2.12. The number of hydrogen-bond acceptors (Lipinski definition) is 3. The number of halogens is 2. The Balaban J connectivity index is 1.92. The van der Waals surface area contributed by atoms with E-state index in [0.717, 1.165) is 28.1 Å². The smallest absolute Gasteiger partial charge is 0.161 e. The predicted octanol–water partition coefficient (Wildman–Crippen LogP) is 7.51. The third kappa shape index (κ3) is 4.41. The van der Waals surface area contributed by atoms with Crippen LogP contribution in [-0.2, 0) is 0 Å². The quantitative estimate of drug-likeness (QED) is 0.315. The normalized spacial score (nSPS) is 10.8. The molecule has 0 spiro atoms. The number of aromatic amines is 1. The molecule has 0 fully saturated rings. The van der Waals surface area contributed by atoms with Gasteiger partial charge in [-0.3, -0.25) is 0 Å². The van der Waals surface area contributed by atoms with Crippen molar-refractivity contribution in [1.82, 2.24) is 9.97 Å². The van der Waals surface area contributed by atoms with E-state index < -0.39 is 0 Å². The number of ether oxygens (including phenoxy) is 2. The van der Waals surface area contributed by atoms with Crippen molar-refractivity contribution in [2.75, 3.05) is 13.2 Å². The second-order valence-electron chi connectivity index (χ2n) is 6.80. The molecule has 1 N–H and O–H groups in total. The highest BCUT2D eigenvalue weighted by molar-refractivity contribution is 6.34. The number of H-pyrrole nitrogens is 1. The fourth-order valence-corrected chi connectivity index (χ4v) is 3.88. The Morgan fingerprint density at radius 2 is 1.39 bits per heavy atom. The van der Waals surface area contributed by atoms with Crippen LogP contribution >= 0.6 is 23.2 Å². The van der Waals surface area contributed by atoms with Crippen molar-refractivity contribution >= 4 is 23.2 Å². The maximum atomic E-state index is 6.53. The third-order valence-corrected chi connectivity index (χ3v) is 5.45. The fraction of sp³-hybridized carbons (Fsp3) is 0.160. The monoisotopic (exact) mass is 452 g/mol. The van der Waals surface area contributed by atoms with Gasteiger partial charge in [-0.25, -0.2) is 4.98 Å². The van der Waals surface area contributed by atoms with Crippen molar-refractivity contribution in [2.45, 2.75) is 13.8 Å². The molecule has 3 aromatic carbocycles. The van der Waals surface area contributed by atoms with Crippen LogP contribution in [0.3, 0.4) is 0 Å². The highest BCUT2D eigenvalue weighted by atomic mass is 35.5. The van der Waals surface area contributed by atoms with Gasteiger partial charge in [0, 0.05) is 21.7 Å². The predicted molar refractivity (Wildman–Crippen MR) is 127 cm³/mol. The van der Waals surface area contributed by atoms with E-state index in [-0.39, 0.29) is 0 Å². The molecule has 0 aliphatic rings. The summed E-state index contributed by atoms with van der Waals surface area (Å²) in [6.07, 6.45) is 0. The first kappa shape index (κ1) is 21.3. The van der Waals surface area contributed by atoms with Crippen LogP contribution in [0.4, 0.5) is 0 Å². The molecule has 0 saturated carbocycles. The number of nitrogens with one attached hydrogen (secondary N) is 1. The molecule has 6 heteroatoms. The lowest BCUT2D eigenvalue weighted by molar-refractivity contribution is 0.288. The van der Waals surface area contributed by atoms with Crippen molar-refractivity contribution in [3.8, 4) is 45.4 Å². The number of aromatic nitrogens is 2. The van der Waals surface area contributed by atoms with E-state index in [4.69, 9.17) is 37.7 Å². The Hall–Kier alpha value is -2.95. The van der Waals surface area contributed by atoms with Crippen LogP contribution in [-0.4, -0.2) is 23.2 Å². The van der Waals surface area contributed by atoms with Crippen molar-refractivity contribution in [3.05, 3.63) is 76.8 Å². The molecule has 1 heterocycles. The summed E-state index contributed by atoms with van der Waals surface area (Å²) < 4.78 is 11.5. The van der Waals surface area contributed by atoms with E-state index >= 15 is 0 Å². The van der Waals surface area contributed by atoms with Crippen LogP contribution in [0.1, 0.15) is 13.8 Å². The molecule has 0 radical (unpaired) electrons. The van der Waals surface area contributed by atoms with Crippen molar-refractivity contribution in [3.63, 3.8) is 0 Å². The molecule has 0 unspecified atom stereocenters. The second-order valence-corrected chi connectivity index (χ2v) is 7.61. The van der Waals surface area contributed by atoms with E-state index in [1.165, 1.54) is 0 Å². The maximum Gasteiger partial charge on any atom is 0.161 e. The number of nitrogens with zero attached hydrogens (tertiary/aromatic N) is 1. The Kier molecular flexibility index (Phi) is 6.50. The average molecular weight is 453 g/mol. The van der Waals surface area contributed by atoms with Crippen molar-refractivity contribution < 1.29 is 9.47 Å². The van der Waals surface area contributed by atoms with Gasteiger partial charge in [-0.1, -0.05) is 53.5 Å². The minimum atomic E-state index is 0.534. The molecule has 0 aliphatic heterocycles. The van der Waals surface area contributed by atoms with Crippen LogP contribution in [0.5, 0.6) is 11.5 Å². The zero-order valence-corrected chi connectivity index (χ0v) is 18.8. The summed E-state index contributed by atoms with van der Waals surface area (Å²) in [4.78, 5) is 8.34. The largest absolute Gasteiger partial charge is 0.490 e. The fourth-order valence-electron chi connectivity index (χ4n) is 3.42. The van der Waals surface area contributed by atoms with E-state index in [1.54, 1.807) is 0 Å². The van der Waals surface area contributed by atoms with Gasteiger partial charge in [0.25, 0.3) is 0 Å². The minimum absolute atomic E-state index is 0.534. The zero-order valence-electron chi connectivity index (χ0n) is 17.3. The topological polar surface area (TPSA) is 47.1 Å². The van der Waals surface area contributed by atoms with Gasteiger partial charge in [-0.2, -0.15) is 0 Å². The van der Waals surface area contributed by atoms with E-state index in [0.29, 0.717) is 40.6 Å². The summed E-state index contributed by atoms with van der Waals surface area (Å²) in [5, 5.41) is 1.25. The molecule has 4 aromatic rings. The lowest BCUT2D eigenvalue weighted by atomic mass is 10.0. The highest BCUT2D eigenvalue weighted by Gasteiger charge is 2.19. The van der Waals surface area contributed by atoms with Gasteiger partial charge in [-0.15, -0.1) is 0 Å². The van der Waals surface area contributed by atoms with Crippen LogP contribution in [0.15, 0.2) is 66.7 Å². The average Bonchev–Trinajstić information content (AvgIpc) is 3.21. The van der Waals surface area contributed by atoms with Gasteiger partial charge >= 0.3 is 0 Å². The van der Waals surface area contributed by atoms with E-state index in [9.17, 15) is 0 Å². The molecule has 4 rings (SSSR count). The van der Waals surface area contributed by atoms with E-state index in [1.807, 2.05) is 80.6 Å². The minimum Gasteiger partial charge on any atom is -0.490 e. The number of hydrogen-bond donors (Lipinski definition) is 1. The zero-order chi connectivity index (χ0) is 21.8. The molecule has 4 nitrogen and oxygen atoms in total. The first-order chi connectivity index (χ1) is 15.1. The van der Waals surface area contributed by atoms with E-state index in [2.05, 4.69) is 4.98 Å². The maximum absolute atomic E-state index is 6.53. The first-order valence-electron chi connectivity index (χ1n) is 10.1. The summed E-state index contributed by atoms with van der Waals surface area (Å²) in [6, 6.07) is 21.1. The van der Waals surface area contributed by atoms with Crippen LogP contribution in [0.25, 0.3) is 33.9 Å². The van der Waals surface area contributed by atoms with Gasteiger partial charge in [0.1, 0.15) is 5.82 Å². The number of imidazole rings is 1. The molecule has 0 atom stereocenters. The molecular formula is C25H22Cl2N2O2. The SMILES string of the molecule is CCOc1ccc(-c2nc(-c3ccccc3Cl)[nH]c2-c2ccccc2Cl)cc1OCC. The Bertz CT molecular complexity index is 1200. The molecule has 31 heavy (non-hydrogen) atoms. The van der Waals surface area contributed by atoms with Gasteiger partial charge < -0.3 is 14.5 Å². The first-order valence-corrected chi connectivity index (χ1v) is 10.9. The molecule has 1 aromatic heterocycles. The molecule has 0 aliphatic carbocycles. The van der Waals surface area contributed by atoms with Crippen LogP contribution in [0, 0.1) is 0 Å². The lowest BCUT2D eigenvalue weighted by Crippen LogP contribution is -1.98. The number of benzene rings is 3. The Morgan fingerprint density at radius 1 is 0.774 bits per heavy atom. The molecule has 0 amide bonds. The standard InChI is InChI=1S/C25H22Cl2N2O2/c1-3-30-21-14-13-16(15-22(21)31-4-2)23-24(17-9-5-7-11-19(17)26)29-25(28-23)18-10-6-8-12-20(18)27/h5-15H,3-4H2,1-2H3,(H,28,29). The molecule has 0 bridgehead atoms. The van der Waals surface area contributed by atoms with Crippen LogP contribution < -0.4 is 9.47 Å². The third-order valence-electron chi connectivity index (χ3n) is 4.79. The molecule has 158 valence electrons. The van der Waals surface area contributed by atoms with Gasteiger partial charge in [0.05, 0.1) is 29.6 Å². The highest BCUT2D eigenvalue weighted by Crippen LogP contribution is 2.40. The molecule has 0 saturated heterocycles. The Morgan fingerprint density at radius 3 is 2.03 bits per heavy atom. The van der Waals surface area contributed by atoms with Gasteiger partial charge in [-0.05, 0) is 50.2 Å². The van der Waals surface area contributed by atoms with Crippen molar-refractivity contribution in [1.29, 1.82) is 0 Å². The van der Waals surface area contributed by atoms with Gasteiger partial charge in [0.2, 0.25) is 0 Å². The summed E-state index contributed by atoms with van der Waals surface area (Å²) in [5.41, 5.74) is 4.13. The van der Waals surface area contributed by atoms with Crippen LogP contribution in [0.2, 0.25) is 10.0 Å². The van der Waals surface area contributed by atoms with Crippen molar-refractivity contribution in [2.24, 2.45) is 0 Å².